The zero-order valence-electron chi connectivity index (χ0n) is 36.7. The molecule has 9 rings (SSSR count). The van der Waals surface area contributed by atoms with Crippen molar-refractivity contribution >= 4 is 71.4 Å². The number of aromatic hydroxyl groups is 1. The first-order valence-corrected chi connectivity index (χ1v) is 24.2. The second kappa shape index (κ2) is 17.9. The van der Waals surface area contributed by atoms with Gasteiger partial charge in [-0.25, -0.2) is 4.90 Å². The molecule has 3 aliphatic rings. The van der Waals surface area contributed by atoms with E-state index in [-0.39, 0.29) is 41.5 Å². The van der Waals surface area contributed by atoms with E-state index >= 15 is 0 Å². The number of allylic oxidation sites excluding steroid dienone is 1. The SMILES string of the molecule is CC(C)(C)[Si](OCC1=C2[C@@H](CC/C(=C/c3ccc(O)c4ccccc34)c3ccccc3)OB(O)C[C@@H]2[C@@H]2C(=O)N(c3cccc([N+](=O)[O-])c3)C(=O)[C@@H]2C1)(c1ccccc1)c1ccccc1. The molecule has 0 bridgehead atoms. The lowest BCUT2D eigenvalue weighted by atomic mass is 9.58. The molecule has 0 unspecified atom stereocenters. The maximum Gasteiger partial charge on any atom is 0.455 e. The zero-order chi connectivity index (χ0) is 45.5. The number of hydrogen-bond donors (Lipinski definition) is 2. The Bertz CT molecular complexity index is 2790. The average molecular weight is 883 g/mol. The van der Waals surface area contributed by atoms with E-state index in [1.807, 2.05) is 84.9 Å². The number of carbonyl (C=O) groups is 2. The molecule has 2 heterocycles. The Balaban J connectivity index is 1.15. The minimum atomic E-state index is -3.10. The van der Waals surface area contributed by atoms with Gasteiger partial charge in [0.2, 0.25) is 11.8 Å². The van der Waals surface area contributed by atoms with Crippen LogP contribution in [0.15, 0.2) is 163 Å². The Morgan fingerprint density at radius 1 is 0.831 bits per heavy atom. The van der Waals surface area contributed by atoms with Crippen LogP contribution in [-0.4, -0.2) is 55.0 Å². The highest BCUT2D eigenvalue weighted by molar-refractivity contribution is 6.99. The van der Waals surface area contributed by atoms with Crippen LogP contribution < -0.4 is 15.3 Å². The molecule has 2 amide bonds. The summed E-state index contributed by atoms with van der Waals surface area (Å²) < 4.78 is 14.1. The van der Waals surface area contributed by atoms with E-state index in [1.165, 1.54) is 18.2 Å². The van der Waals surface area contributed by atoms with Crippen LogP contribution in [0.4, 0.5) is 11.4 Å². The summed E-state index contributed by atoms with van der Waals surface area (Å²) in [4.78, 5) is 41.8. The van der Waals surface area contributed by atoms with Crippen molar-refractivity contribution in [2.24, 2.45) is 17.8 Å². The lowest BCUT2D eigenvalue weighted by Crippen LogP contribution is -2.66. The summed E-state index contributed by atoms with van der Waals surface area (Å²) in [6, 6.07) is 47.8. The van der Waals surface area contributed by atoms with E-state index in [1.54, 1.807) is 12.1 Å². The minimum Gasteiger partial charge on any atom is -0.507 e. The topological polar surface area (TPSA) is 139 Å². The first kappa shape index (κ1) is 43.8. The third kappa shape index (κ3) is 8.16. The molecule has 4 atom stereocenters. The molecule has 2 fully saturated rings. The smallest absolute Gasteiger partial charge is 0.455 e. The van der Waals surface area contributed by atoms with Crippen molar-refractivity contribution in [3.05, 3.63) is 184 Å². The molecule has 0 aromatic heterocycles. The monoisotopic (exact) mass is 882 g/mol. The van der Waals surface area contributed by atoms with Gasteiger partial charge in [0.25, 0.3) is 14.0 Å². The number of fused-ring (bicyclic) bond motifs is 4. The Morgan fingerprint density at radius 3 is 2.11 bits per heavy atom. The Morgan fingerprint density at radius 2 is 1.46 bits per heavy atom. The summed E-state index contributed by atoms with van der Waals surface area (Å²) in [6.07, 6.45) is 2.79. The summed E-state index contributed by atoms with van der Waals surface area (Å²) in [7, 11) is -4.32. The number of phenols is 1. The molecular formula is C53H51BN2O8Si. The van der Waals surface area contributed by atoms with Gasteiger partial charge in [-0.15, -0.1) is 0 Å². The van der Waals surface area contributed by atoms with Crippen LogP contribution in [0, 0.1) is 27.9 Å². The lowest BCUT2D eigenvalue weighted by molar-refractivity contribution is -0.384. The van der Waals surface area contributed by atoms with Crippen LogP contribution in [0.3, 0.4) is 0 Å². The maximum atomic E-state index is 14.7. The first-order chi connectivity index (χ1) is 31.4. The molecule has 10 nitrogen and oxygen atoms in total. The summed E-state index contributed by atoms with van der Waals surface area (Å²) in [6.45, 7) is 6.80. The van der Waals surface area contributed by atoms with E-state index in [0.29, 0.717) is 12.8 Å². The predicted molar refractivity (Wildman–Crippen MR) is 258 cm³/mol. The van der Waals surface area contributed by atoms with Gasteiger partial charge in [0, 0.05) is 17.5 Å². The average Bonchev–Trinajstić information content (AvgIpc) is 3.57. The lowest BCUT2D eigenvalue weighted by Gasteiger charge is -2.46. The quantitative estimate of drug-likeness (QED) is 0.0310. The van der Waals surface area contributed by atoms with E-state index < -0.39 is 56.0 Å². The highest BCUT2D eigenvalue weighted by atomic mass is 28.4. The fourth-order valence-electron chi connectivity index (χ4n) is 10.7. The van der Waals surface area contributed by atoms with Crippen molar-refractivity contribution in [1.29, 1.82) is 0 Å². The van der Waals surface area contributed by atoms with Crippen LogP contribution in [0.1, 0.15) is 51.2 Å². The molecule has 2 aliphatic heterocycles. The van der Waals surface area contributed by atoms with Gasteiger partial charge in [-0.2, -0.15) is 0 Å². The Kier molecular flexibility index (Phi) is 12.0. The number of nitro groups is 1. The summed E-state index contributed by atoms with van der Waals surface area (Å²) >= 11 is 0. The molecule has 65 heavy (non-hydrogen) atoms. The van der Waals surface area contributed by atoms with Gasteiger partial charge in [-0.05, 0) is 92.3 Å². The number of hydrogen-bond acceptors (Lipinski definition) is 8. The van der Waals surface area contributed by atoms with Gasteiger partial charge in [-0.1, -0.05) is 154 Å². The maximum absolute atomic E-state index is 14.7. The third-order valence-electron chi connectivity index (χ3n) is 13.6. The number of nitrogens with zero attached hydrogens (tertiary/aromatic N) is 2. The third-order valence-corrected chi connectivity index (χ3v) is 18.6. The normalized spacial score (nSPS) is 20.3. The van der Waals surface area contributed by atoms with Crippen LogP contribution in [-0.2, 0) is 18.7 Å². The number of rotatable bonds is 12. The number of carbonyl (C=O) groups excluding carboxylic acids is 2. The molecule has 0 spiro atoms. The first-order valence-electron chi connectivity index (χ1n) is 22.2. The summed E-state index contributed by atoms with van der Waals surface area (Å²) in [5.41, 5.74) is 4.64. The molecule has 0 saturated carbocycles. The zero-order valence-corrected chi connectivity index (χ0v) is 37.7. The van der Waals surface area contributed by atoms with Crippen LogP contribution in [0.25, 0.3) is 22.4 Å². The highest BCUT2D eigenvalue weighted by Gasteiger charge is 2.58. The molecule has 1 aliphatic carbocycles. The number of anilines is 1. The highest BCUT2D eigenvalue weighted by Crippen LogP contribution is 2.52. The van der Waals surface area contributed by atoms with E-state index in [0.717, 1.165) is 53.9 Å². The van der Waals surface area contributed by atoms with Gasteiger partial charge in [-0.3, -0.25) is 19.7 Å². The molecule has 6 aromatic rings. The number of benzene rings is 6. The number of phenolic OH excluding ortho intramolecular Hbond substituents is 1. The number of amides is 2. The van der Waals surface area contributed by atoms with E-state index in [9.17, 15) is 29.8 Å². The van der Waals surface area contributed by atoms with Gasteiger partial charge in [0.1, 0.15) is 5.75 Å². The summed E-state index contributed by atoms with van der Waals surface area (Å²) in [5.74, 6) is -2.81. The minimum absolute atomic E-state index is 0.0956. The van der Waals surface area contributed by atoms with Crippen molar-refractivity contribution in [3.8, 4) is 5.75 Å². The number of imide groups is 1. The largest absolute Gasteiger partial charge is 0.507 e. The van der Waals surface area contributed by atoms with Crippen molar-refractivity contribution in [3.63, 3.8) is 0 Å². The van der Waals surface area contributed by atoms with Gasteiger partial charge >= 0.3 is 7.12 Å². The Labute approximate surface area is 380 Å². The van der Waals surface area contributed by atoms with Crippen LogP contribution in [0.5, 0.6) is 5.75 Å². The predicted octanol–water partition coefficient (Wildman–Crippen LogP) is 9.35. The second-order valence-electron chi connectivity index (χ2n) is 18.4. The number of nitro benzene ring substituents is 1. The molecule has 0 radical (unpaired) electrons. The molecular weight excluding hydrogens is 831 g/mol. The van der Waals surface area contributed by atoms with Gasteiger partial charge in [0.15, 0.2) is 0 Å². The van der Waals surface area contributed by atoms with Crippen molar-refractivity contribution in [2.75, 3.05) is 11.5 Å². The fraction of sp³-hybridized carbons (Fsp3) is 0.245. The van der Waals surface area contributed by atoms with Crippen LogP contribution in [0.2, 0.25) is 11.4 Å². The van der Waals surface area contributed by atoms with Gasteiger partial charge < -0.3 is 19.2 Å². The van der Waals surface area contributed by atoms with E-state index in [2.05, 4.69) is 63.2 Å². The molecule has 6 aromatic carbocycles. The molecule has 2 N–H and O–H groups in total. The van der Waals surface area contributed by atoms with Crippen molar-refractivity contribution < 1.29 is 33.7 Å². The molecule has 328 valence electrons. The van der Waals surface area contributed by atoms with Crippen LogP contribution >= 0.6 is 0 Å². The second-order valence-corrected chi connectivity index (χ2v) is 22.7. The fourth-order valence-corrected chi connectivity index (χ4v) is 15.3. The van der Waals surface area contributed by atoms with Gasteiger partial charge in [0.05, 0.1) is 35.2 Å². The molecule has 2 saturated heterocycles. The standard InChI is InChI=1S/C53H51BN2O8Si/c1-53(2,3)65(41-20-9-5-10-21-41,42-22-11-6-12-23-42)63-34-38-31-45-50(52(59)55(51(45)58)39-18-15-19-40(32-39)56(61)62)46-33-54(60)64-48(49(38)46)29-27-36(35-16-7-4-8-17-35)30-37-26-28-47(57)44-25-14-13-24-43(37)44/h4-26,28,30,32,45-46,48,50,57,60H,27,29,31,33-34H2,1-3H3/b36-30-/t45-,46+,48-,50-/m1/s1. The van der Waals surface area contributed by atoms with E-state index in [4.69, 9.17) is 9.08 Å². The Hall–Kier alpha value is -6.44. The summed E-state index contributed by atoms with van der Waals surface area (Å²) in [5, 5.41) is 37.7. The number of non-ortho nitro benzene ring substituents is 1. The van der Waals surface area contributed by atoms with Crippen molar-refractivity contribution in [1.82, 2.24) is 0 Å². The molecule has 12 heteroatoms. The van der Waals surface area contributed by atoms with Crippen molar-refractivity contribution in [2.45, 2.75) is 57.5 Å².